The van der Waals surface area contributed by atoms with Gasteiger partial charge in [0.05, 0.1) is 0 Å². The van der Waals surface area contributed by atoms with E-state index < -0.39 is 42.3 Å². The Labute approximate surface area is 320 Å². The molecule has 0 spiro atoms. The number of rotatable bonds is 10. The molecular weight excluding hydrogens is 695 g/mol. The lowest BCUT2D eigenvalue weighted by atomic mass is 9.98. The van der Waals surface area contributed by atoms with Crippen molar-refractivity contribution in [3.8, 4) is 11.1 Å². The number of ether oxygens (including phenoxy) is 3. The van der Waals surface area contributed by atoms with Gasteiger partial charge in [-0.1, -0.05) is 140 Å². The lowest BCUT2D eigenvalue weighted by molar-refractivity contribution is -0.178. The summed E-state index contributed by atoms with van der Waals surface area (Å²) in [7, 11) is 1.47. The first-order valence-electron chi connectivity index (χ1n) is 18.5. The standard InChI is InChI=1S/C45H43N3O7/c1-31(46(2)44(51)54-30-39-37-25-14-12-23-35(37)36-24-13-15-26-38(36)39)42(49)48-40(27-16-28-47(48)45(52)53-29-32-17-6-3-7-18-32)43(50)55-41(33-19-8-4-9-20-33)34-21-10-5-11-22-34/h3-15,17-26,31,39-41H,16,27-30H2,1-2H3/t31-,40+/m1/s1. The molecular formula is C45H43N3O7. The number of carbonyl (C=O) groups is 4. The molecule has 10 nitrogen and oxygen atoms in total. The first-order chi connectivity index (χ1) is 26.8. The molecule has 0 radical (unpaired) electrons. The minimum atomic E-state index is -1.18. The number of amides is 3. The van der Waals surface area contributed by atoms with E-state index >= 15 is 0 Å². The van der Waals surface area contributed by atoms with Gasteiger partial charge in [0, 0.05) is 19.5 Å². The molecule has 0 N–H and O–H groups in total. The molecule has 5 aromatic rings. The predicted molar refractivity (Wildman–Crippen MR) is 206 cm³/mol. The van der Waals surface area contributed by atoms with Gasteiger partial charge in [-0.3, -0.25) is 9.69 Å². The van der Waals surface area contributed by atoms with Gasteiger partial charge in [0.1, 0.15) is 19.3 Å². The van der Waals surface area contributed by atoms with Gasteiger partial charge in [0.2, 0.25) is 0 Å². The fraction of sp³-hybridized carbons (Fsp3) is 0.244. The SMILES string of the molecule is C[C@H](C(=O)N1[C@H](C(=O)OC(c2ccccc2)c2ccccc2)CCCN1C(=O)OCc1ccccc1)N(C)C(=O)OCC1c2ccccc2-c2ccccc21. The van der Waals surface area contributed by atoms with Crippen LogP contribution in [0, 0.1) is 0 Å². The summed E-state index contributed by atoms with van der Waals surface area (Å²) in [5.41, 5.74) is 6.58. The summed E-state index contributed by atoms with van der Waals surface area (Å²) in [5, 5.41) is 2.27. The minimum absolute atomic E-state index is 0.0351. The molecule has 2 aliphatic rings. The van der Waals surface area contributed by atoms with E-state index in [0.717, 1.165) is 49.0 Å². The summed E-state index contributed by atoms with van der Waals surface area (Å²) in [5.74, 6) is -1.53. The summed E-state index contributed by atoms with van der Waals surface area (Å²) in [6.45, 7) is 1.69. The molecule has 1 saturated heterocycles. The smallest absolute Gasteiger partial charge is 0.429 e. The normalized spacial score (nSPS) is 15.4. The highest BCUT2D eigenvalue weighted by atomic mass is 16.6. The van der Waals surface area contributed by atoms with E-state index in [9.17, 15) is 19.2 Å². The van der Waals surface area contributed by atoms with Gasteiger partial charge >= 0.3 is 18.2 Å². The number of hydrazine groups is 1. The van der Waals surface area contributed by atoms with E-state index in [1.54, 1.807) is 6.92 Å². The van der Waals surface area contributed by atoms with Crippen LogP contribution in [0.5, 0.6) is 0 Å². The third-order valence-electron chi connectivity index (χ3n) is 10.3. The molecule has 3 amide bonds. The highest BCUT2D eigenvalue weighted by Gasteiger charge is 2.45. The minimum Gasteiger partial charge on any atom is -0.451 e. The molecule has 0 bridgehead atoms. The molecule has 1 aliphatic carbocycles. The predicted octanol–water partition coefficient (Wildman–Crippen LogP) is 8.13. The Morgan fingerprint density at radius 2 is 1.24 bits per heavy atom. The zero-order valence-corrected chi connectivity index (χ0v) is 30.8. The second kappa shape index (κ2) is 16.7. The Kier molecular flexibility index (Phi) is 11.2. The van der Waals surface area contributed by atoms with Crippen molar-refractivity contribution in [3.05, 3.63) is 167 Å². The number of hydrogen-bond acceptors (Lipinski definition) is 7. The van der Waals surface area contributed by atoms with Crippen molar-refractivity contribution < 1.29 is 33.4 Å². The zero-order valence-electron chi connectivity index (χ0n) is 30.8. The average Bonchev–Trinajstić information content (AvgIpc) is 3.56. The molecule has 0 unspecified atom stereocenters. The second-order valence-electron chi connectivity index (χ2n) is 13.7. The van der Waals surface area contributed by atoms with Gasteiger partial charge in [0.25, 0.3) is 5.91 Å². The number of hydrogen-bond donors (Lipinski definition) is 0. The maximum atomic E-state index is 14.6. The van der Waals surface area contributed by atoms with Gasteiger partial charge < -0.3 is 14.2 Å². The summed E-state index contributed by atoms with van der Waals surface area (Å²) < 4.78 is 17.8. The van der Waals surface area contributed by atoms with Crippen molar-refractivity contribution >= 4 is 24.1 Å². The summed E-state index contributed by atoms with van der Waals surface area (Å²) >= 11 is 0. The number of nitrogens with zero attached hydrogens (tertiary/aromatic N) is 3. The maximum absolute atomic E-state index is 14.6. The molecule has 1 heterocycles. The molecule has 0 saturated carbocycles. The van der Waals surface area contributed by atoms with Crippen LogP contribution in [0.15, 0.2) is 140 Å². The van der Waals surface area contributed by atoms with E-state index in [2.05, 4.69) is 12.1 Å². The Morgan fingerprint density at radius 1 is 0.709 bits per heavy atom. The van der Waals surface area contributed by atoms with Crippen molar-refractivity contribution in [3.63, 3.8) is 0 Å². The number of fused-ring (bicyclic) bond motifs is 3. The van der Waals surface area contributed by atoms with Gasteiger partial charge in [-0.2, -0.15) is 0 Å². The lowest BCUT2D eigenvalue weighted by Gasteiger charge is -2.44. The van der Waals surface area contributed by atoms with Gasteiger partial charge in [-0.15, -0.1) is 0 Å². The summed E-state index contributed by atoms with van der Waals surface area (Å²) in [6.07, 6.45) is -1.65. The van der Waals surface area contributed by atoms with Crippen molar-refractivity contribution in [2.45, 2.75) is 50.5 Å². The van der Waals surface area contributed by atoms with Gasteiger partial charge in [-0.25, -0.2) is 24.4 Å². The quantitative estimate of drug-likeness (QED) is 0.105. The molecule has 5 aromatic carbocycles. The van der Waals surface area contributed by atoms with Crippen LogP contribution in [0.1, 0.15) is 59.6 Å². The van der Waals surface area contributed by atoms with Crippen molar-refractivity contribution in [2.75, 3.05) is 20.2 Å². The third kappa shape index (κ3) is 7.94. The molecule has 1 fully saturated rings. The van der Waals surface area contributed by atoms with Crippen LogP contribution >= 0.6 is 0 Å². The number of likely N-dealkylation sites (N-methyl/N-ethyl adjacent to an activating group) is 1. The van der Waals surface area contributed by atoms with Crippen LogP contribution in [0.2, 0.25) is 0 Å². The van der Waals surface area contributed by atoms with Gasteiger partial charge in [-0.05, 0) is 58.7 Å². The second-order valence-corrected chi connectivity index (χ2v) is 13.7. The Morgan fingerprint density at radius 3 is 1.82 bits per heavy atom. The first kappa shape index (κ1) is 36.9. The molecule has 10 heteroatoms. The van der Waals surface area contributed by atoms with Gasteiger partial charge in [0.15, 0.2) is 12.1 Å². The van der Waals surface area contributed by atoms with E-state index in [0.29, 0.717) is 6.42 Å². The van der Waals surface area contributed by atoms with Crippen molar-refractivity contribution in [2.24, 2.45) is 0 Å². The first-order valence-corrected chi connectivity index (χ1v) is 18.5. The Bertz CT molecular complexity index is 2040. The Hall–Kier alpha value is -6.42. The van der Waals surface area contributed by atoms with Crippen LogP contribution in [-0.4, -0.2) is 71.3 Å². The van der Waals surface area contributed by atoms with Crippen LogP contribution in [0.4, 0.5) is 9.59 Å². The van der Waals surface area contributed by atoms with E-state index in [4.69, 9.17) is 14.2 Å². The van der Waals surface area contributed by atoms with Crippen LogP contribution < -0.4 is 0 Å². The maximum Gasteiger partial charge on any atom is 0.429 e. The zero-order chi connectivity index (χ0) is 38.3. The van der Waals surface area contributed by atoms with Crippen LogP contribution in [-0.2, 0) is 30.4 Å². The van der Waals surface area contributed by atoms with Crippen LogP contribution in [0.3, 0.4) is 0 Å². The average molecular weight is 738 g/mol. The largest absolute Gasteiger partial charge is 0.451 e. The highest BCUT2D eigenvalue weighted by molar-refractivity contribution is 5.91. The molecule has 1 aliphatic heterocycles. The Balaban J connectivity index is 1.12. The monoisotopic (exact) mass is 737 g/mol. The summed E-state index contributed by atoms with van der Waals surface area (Å²) in [4.78, 5) is 57.5. The fourth-order valence-corrected chi connectivity index (χ4v) is 7.29. The third-order valence-corrected chi connectivity index (χ3v) is 10.3. The summed E-state index contributed by atoms with van der Waals surface area (Å²) in [6, 6.07) is 41.6. The molecule has 2 atom stereocenters. The lowest BCUT2D eigenvalue weighted by Crippen LogP contribution is -2.64. The van der Waals surface area contributed by atoms with Crippen LogP contribution in [0.25, 0.3) is 11.1 Å². The van der Waals surface area contributed by atoms with E-state index in [1.165, 1.54) is 11.9 Å². The topological polar surface area (TPSA) is 106 Å². The molecule has 0 aromatic heterocycles. The molecule has 280 valence electrons. The van der Waals surface area contributed by atoms with Crippen molar-refractivity contribution in [1.82, 2.24) is 14.9 Å². The fourth-order valence-electron chi connectivity index (χ4n) is 7.29. The number of carbonyl (C=O) groups excluding carboxylic acids is 4. The number of esters is 1. The highest BCUT2D eigenvalue weighted by Crippen LogP contribution is 2.44. The number of benzene rings is 5. The van der Waals surface area contributed by atoms with E-state index in [1.807, 2.05) is 127 Å². The van der Waals surface area contributed by atoms with Crippen molar-refractivity contribution in [1.29, 1.82) is 0 Å². The molecule has 55 heavy (non-hydrogen) atoms. The molecule has 7 rings (SSSR count). The van der Waals surface area contributed by atoms with E-state index in [-0.39, 0.29) is 32.1 Å².